The van der Waals surface area contributed by atoms with Crippen molar-refractivity contribution in [1.29, 1.82) is 0 Å². The molecule has 0 saturated heterocycles. The molecule has 0 fully saturated rings. The van der Waals surface area contributed by atoms with E-state index >= 15 is 0 Å². The Morgan fingerprint density at radius 1 is 0.590 bits per heavy atom. The number of alkyl halides is 1. The standard InChI is InChI=1S/C15H12N2O3.C13H10N2O.C7H5BrN2.C6H7BO3.C2H3ClO2/c18-15(19)10-20-12-6-4-11(5-7-12)13-9-16-14-3-1-2-8-17(13)14;16-11-6-4-10(5-7-11)12-9-14-13-3-1-2-8-15(12)13;8-6-5-9-7-3-1-2-4-10(6)7;8-6-3-1-5(2-4-6)7(9)10;3-1-2(4)5/h1-9H,10H2,(H,18,19);1-9,16H;1-5H;1-4,8-10H;1H2,(H,4,5). The number of rotatable bonds is 7. The van der Waals surface area contributed by atoms with E-state index in [1.165, 1.54) is 24.3 Å². The lowest BCUT2D eigenvalue weighted by Gasteiger charge is -2.05. The highest BCUT2D eigenvalue weighted by molar-refractivity contribution is 9.10. The second kappa shape index (κ2) is 22.3. The Kier molecular flexibility index (Phi) is 16.4. The number of aromatic hydroxyl groups is 2. The molecule has 9 aromatic rings. The van der Waals surface area contributed by atoms with Gasteiger partial charge < -0.3 is 35.2 Å². The number of ether oxygens (including phenoxy) is 1. The van der Waals surface area contributed by atoms with Crippen LogP contribution in [0.4, 0.5) is 0 Å². The molecular weight excluding hydrogens is 871 g/mol. The maximum atomic E-state index is 10.4. The number of phenolic OH excluding ortho intramolecular Hbond substituents is 2. The van der Waals surface area contributed by atoms with Crippen LogP contribution in [0.2, 0.25) is 0 Å². The minimum absolute atomic E-state index is 0.115. The minimum Gasteiger partial charge on any atom is -0.508 e. The molecule has 0 saturated carbocycles. The van der Waals surface area contributed by atoms with Gasteiger partial charge in [-0.25, -0.2) is 19.7 Å². The lowest BCUT2D eigenvalue weighted by atomic mass is 9.80. The van der Waals surface area contributed by atoms with Crippen LogP contribution in [0.5, 0.6) is 17.2 Å². The topological polar surface area (TPSA) is 217 Å². The van der Waals surface area contributed by atoms with E-state index in [2.05, 4.69) is 30.9 Å². The number of pyridine rings is 3. The van der Waals surface area contributed by atoms with E-state index < -0.39 is 19.1 Å². The van der Waals surface area contributed by atoms with E-state index in [9.17, 15) is 14.7 Å². The van der Waals surface area contributed by atoms with Gasteiger partial charge in [0, 0.05) is 29.7 Å². The van der Waals surface area contributed by atoms with Crippen LogP contribution in [0.15, 0.2) is 169 Å². The average Bonchev–Trinajstić information content (AvgIpc) is 4.02. The Morgan fingerprint density at radius 2 is 1.00 bits per heavy atom. The molecule has 0 aliphatic rings. The first-order chi connectivity index (χ1) is 29.4. The molecule has 0 amide bonds. The first kappa shape index (κ1) is 44.9. The molecule has 3 aromatic carbocycles. The Hall–Kier alpha value is -7.18. The number of halogens is 2. The molecule has 0 unspecified atom stereocenters. The van der Waals surface area contributed by atoms with Crippen molar-refractivity contribution in [3.05, 3.63) is 169 Å². The van der Waals surface area contributed by atoms with Crippen LogP contribution < -0.4 is 10.2 Å². The molecular formula is C43H37BBrClN6O9. The second-order valence-corrected chi connectivity index (χ2v) is 13.5. The third-order valence-electron chi connectivity index (χ3n) is 8.19. The summed E-state index contributed by atoms with van der Waals surface area (Å²) in [7, 11) is -1.46. The molecule has 0 aliphatic carbocycles. The summed E-state index contributed by atoms with van der Waals surface area (Å²) in [6.07, 6.45) is 11.3. The predicted molar refractivity (Wildman–Crippen MR) is 235 cm³/mol. The van der Waals surface area contributed by atoms with Gasteiger partial charge in [-0.05, 0) is 118 Å². The molecule has 6 heterocycles. The van der Waals surface area contributed by atoms with Gasteiger partial charge in [-0.2, -0.15) is 0 Å². The van der Waals surface area contributed by atoms with E-state index in [0.717, 1.165) is 44.1 Å². The molecule has 15 nitrogen and oxygen atoms in total. The number of carbonyl (C=O) groups is 2. The molecule has 0 radical (unpaired) electrons. The molecule has 6 aromatic heterocycles. The third kappa shape index (κ3) is 13.2. The van der Waals surface area contributed by atoms with Crippen molar-refractivity contribution in [1.82, 2.24) is 28.2 Å². The minimum atomic E-state index is -1.46. The average molecular weight is 908 g/mol. The van der Waals surface area contributed by atoms with E-state index in [-0.39, 0.29) is 24.0 Å². The van der Waals surface area contributed by atoms with Crippen molar-refractivity contribution >= 4 is 69.0 Å². The number of benzene rings is 3. The Labute approximate surface area is 361 Å². The van der Waals surface area contributed by atoms with E-state index in [0.29, 0.717) is 11.2 Å². The third-order valence-corrected chi connectivity index (χ3v) is 9.00. The smallest absolute Gasteiger partial charge is 0.488 e. The Bertz CT molecular complexity index is 2780. The fourth-order valence-electron chi connectivity index (χ4n) is 5.34. The summed E-state index contributed by atoms with van der Waals surface area (Å²) >= 11 is 8.10. The van der Waals surface area contributed by atoms with Gasteiger partial charge in [-0.15, -0.1) is 11.6 Å². The van der Waals surface area contributed by atoms with Gasteiger partial charge in [0.2, 0.25) is 0 Å². The normalized spacial score (nSPS) is 10.2. The summed E-state index contributed by atoms with van der Waals surface area (Å²) in [5.41, 5.74) is 7.18. The van der Waals surface area contributed by atoms with Crippen molar-refractivity contribution in [3.8, 4) is 39.8 Å². The van der Waals surface area contributed by atoms with Gasteiger partial charge in [0.1, 0.15) is 44.7 Å². The van der Waals surface area contributed by atoms with Crippen molar-refractivity contribution in [3.63, 3.8) is 0 Å². The molecule has 6 N–H and O–H groups in total. The molecule has 61 heavy (non-hydrogen) atoms. The summed E-state index contributed by atoms with van der Waals surface area (Å²) < 4.78 is 12.1. The van der Waals surface area contributed by atoms with Gasteiger partial charge >= 0.3 is 19.1 Å². The summed E-state index contributed by atoms with van der Waals surface area (Å²) in [6.45, 7) is -0.338. The fourth-order valence-corrected chi connectivity index (χ4v) is 5.74. The predicted octanol–water partition coefficient (Wildman–Crippen LogP) is 6.65. The number of imidazole rings is 3. The molecule has 18 heteroatoms. The maximum absolute atomic E-state index is 10.4. The van der Waals surface area contributed by atoms with Crippen LogP contribution >= 0.6 is 27.5 Å². The Balaban J connectivity index is 0.000000154. The molecule has 0 bridgehead atoms. The van der Waals surface area contributed by atoms with Gasteiger partial charge in [-0.1, -0.05) is 30.3 Å². The number of aliphatic carboxylic acids is 2. The number of nitrogens with zero attached hydrogens (tertiary/aromatic N) is 6. The summed E-state index contributed by atoms with van der Waals surface area (Å²) in [5.74, 6) is -1.35. The highest BCUT2D eigenvalue weighted by Gasteiger charge is 2.09. The van der Waals surface area contributed by atoms with Crippen LogP contribution in [0, 0.1) is 0 Å². The SMILES string of the molecule is Brc1cnc2ccccn12.O=C(O)CCl.O=C(O)COc1ccc(-c2cnc3ccccn23)cc1.OB(O)c1ccc(O)cc1.Oc1ccc(-c2cnc3ccccn23)cc1. The van der Waals surface area contributed by atoms with Gasteiger partial charge in [0.05, 0.1) is 30.0 Å². The van der Waals surface area contributed by atoms with Crippen LogP contribution in [-0.4, -0.2) is 90.2 Å². The van der Waals surface area contributed by atoms with Crippen LogP contribution in [0.1, 0.15) is 0 Å². The van der Waals surface area contributed by atoms with Crippen molar-refractivity contribution in [2.24, 2.45) is 0 Å². The monoisotopic (exact) mass is 906 g/mol. The van der Waals surface area contributed by atoms with Crippen LogP contribution in [-0.2, 0) is 9.59 Å². The van der Waals surface area contributed by atoms with Crippen LogP contribution in [0.3, 0.4) is 0 Å². The second-order valence-electron chi connectivity index (χ2n) is 12.4. The highest BCUT2D eigenvalue weighted by atomic mass is 79.9. The van der Waals surface area contributed by atoms with E-state index in [1.807, 2.05) is 123 Å². The van der Waals surface area contributed by atoms with E-state index in [1.54, 1.807) is 30.5 Å². The number of aromatic nitrogens is 6. The molecule has 0 atom stereocenters. The lowest BCUT2D eigenvalue weighted by molar-refractivity contribution is -0.139. The molecule has 310 valence electrons. The van der Waals surface area contributed by atoms with Gasteiger partial charge in [-0.3, -0.25) is 18.0 Å². The number of hydrogen-bond acceptors (Lipinski definition) is 10. The highest BCUT2D eigenvalue weighted by Crippen LogP contribution is 2.24. The fraction of sp³-hybridized carbons (Fsp3) is 0.0465. The zero-order valence-corrected chi connectivity index (χ0v) is 34.3. The first-order valence-electron chi connectivity index (χ1n) is 18.0. The van der Waals surface area contributed by atoms with Crippen LogP contribution in [0.25, 0.3) is 39.5 Å². The Morgan fingerprint density at radius 3 is 1.43 bits per heavy atom. The number of fused-ring (bicyclic) bond motifs is 3. The van der Waals surface area contributed by atoms with Crippen molar-refractivity contribution in [2.75, 3.05) is 12.5 Å². The molecule has 0 aliphatic heterocycles. The number of hydrogen-bond donors (Lipinski definition) is 6. The molecule has 9 rings (SSSR count). The quantitative estimate of drug-likeness (QED) is 0.0732. The summed E-state index contributed by atoms with van der Waals surface area (Å²) in [6, 6.07) is 37.7. The largest absolute Gasteiger partial charge is 0.508 e. The maximum Gasteiger partial charge on any atom is 0.488 e. The number of phenols is 2. The first-order valence-corrected chi connectivity index (χ1v) is 19.3. The summed E-state index contributed by atoms with van der Waals surface area (Å²) in [5, 5.41) is 51.3. The molecule has 0 spiro atoms. The summed E-state index contributed by atoms with van der Waals surface area (Å²) in [4.78, 5) is 32.5. The van der Waals surface area contributed by atoms with Crippen molar-refractivity contribution in [2.45, 2.75) is 0 Å². The van der Waals surface area contributed by atoms with E-state index in [4.69, 9.17) is 41.7 Å². The lowest BCUT2D eigenvalue weighted by Crippen LogP contribution is -2.29. The van der Waals surface area contributed by atoms with Gasteiger partial charge in [0.15, 0.2) is 6.61 Å². The number of carboxylic acids is 2. The van der Waals surface area contributed by atoms with Gasteiger partial charge in [0.25, 0.3) is 0 Å². The zero-order valence-electron chi connectivity index (χ0n) is 31.9. The zero-order chi connectivity index (χ0) is 43.7. The van der Waals surface area contributed by atoms with Crippen molar-refractivity contribution < 1.29 is 44.8 Å². The number of carboxylic acid groups (broad SMARTS) is 2.